The maximum Gasteiger partial charge on any atom is 0.254 e. The fourth-order valence-corrected chi connectivity index (χ4v) is 5.40. The Kier molecular flexibility index (Phi) is 4.62. The van der Waals surface area contributed by atoms with Crippen LogP contribution in [-0.2, 0) is 16.6 Å². The van der Waals surface area contributed by atoms with Gasteiger partial charge in [0.05, 0.1) is 6.20 Å². The predicted octanol–water partition coefficient (Wildman–Crippen LogP) is 3.46. The van der Waals surface area contributed by atoms with Crippen molar-refractivity contribution in [2.24, 2.45) is 0 Å². The third-order valence-electron chi connectivity index (χ3n) is 2.49. The van der Waals surface area contributed by atoms with Gasteiger partial charge >= 0.3 is 0 Å². The van der Waals surface area contributed by atoms with Gasteiger partial charge in [0.15, 0.2) is 8.68 Å². The minimum atomic E-state index is -3.54. The molecular formula is C11H13ClN2O2S3. The van der Waals surface area contributed by atoms with Crippen LogP contribution in [0.3, 0.4) is 0 Å². The second kappa shape index (κ2) is 5.88. The maximum atomic E-state index is 12.6. The quantitative estimate of drug-likeness (QED) is 0.840. The van der Waals surface area contributed by atoms with E-state index in [9.17, 15) is 8.42 Å². The number of thiophene rings is 1. The number of rotatable bonds is 5. The Morgan fingerprint density at radius 3 is 2.68 bits per heavy atom. The van der Waals surface area contributed by atoms with Crippen LogP contribution in [0.2, 0.25) is 4.47 Å². The smallest absolute Gasteiger partial charge is 0.232 e. The average molecular weight is 337 g/mol. The fourth-order valence-electron chi connectivity index (χ4n) is 1.58. The van der Waals surface area contributed by atoms with Crippen molar-refractivity contribution in [1.29, 1.82) is 0 Å². The Bertz CT molecular complexity index is 635. The molecule has 2 aromatic rings. The number of nitrogens with zero attached hydrogens (tertiary/aromatic N) is 2. The van der Waals surface area contributed by atoms with Gasteiger partial charge in [-0.2, -0.15) is 4.31 Å². The molecule has 0 radical (unpaired) electrons. The maximum absolute atomic E-state index is 12.6. The van der Waals surface area contributed by atoms with Crippen LogP contribution in [0.1, 0.15) is 18.7 Å². The molecule has 0 bridgehead atoms. The van der Waals surface area contributed by atoms with E-state index >= 15 is 0 Å². The molecule has 0 atom stereocenters. The minimum Gasteiger partial charge on any atom is -0.232 e. The van der Waals surface area contributed by atoms with E-state index in [1.54, 1.807) is 11.3 Å². The number of hydrogen-bond donors (Lipinski definition) is 0. The van der Waals surface area contributed by atoms with E-state index < -0.39 is 10.0 Å². The van der Waals surface area contributed by atoms with Crippen molar-refractivity contribution in [3.63, 3.8) is 0 Å². The molecule has 0 saturated heterocycles. The Balaban J connectivity index is 2.33. The molecule has 2 rings (SSSR count). The van der Waals surface area contributed by atoms with Crippen molar-refractivity contribution in [1.82, 2.24) is 9.29 Å². The van der Waals surface area contributed by atoms with E-state index in [1.807, 2.05) is 31.4 Å². The third-order valence-corrected chi connectivity index (χ3v) is 6.92. The van der Waals surface area contributed by atoms with Crippen LogP contribution >= 0.6 is 34.3 Å². The molecule has 0 unspecified atom stereocenters. The molecule has 0 aliphatic heterocycles. The van der Waals surface area contributed by atoms with Crippen LogP contribution in [0.4, 0.5) is 0 Å². The molecule has 0 N–H and O–H groups in total. The van der Waals surface area contributed by atoms with Gasteiger partial charge in [-0.05, 0) is 25.3 Å². The van der Waals surface area contributed by atoms with Gasteiger partial charge in [-0.25, -0.2) is 13.4 Å². The molecule has 0 aromatic carbocycles. The number of aromatic nitrogens is 1. The number of thiazole rings is 1. The van der Waals surface area contributed by atoms with E-state index in [4.69, 9.17) is 11.6 Å². The molecule has 8 heteroatoms. The zero-order chi connectivity index (χ0) is 14.0. The van der Waals surface area contributed by atoms with E-state index in [0.29, 0.717) is 6.54 Å². The van der Waals surface area contributed by atoms with Crippen molar-refractivity contribution in [2.75, 3.05) is 0 Å². The summed E-state index contributed by atoms with van der Waals surface area (Å²) in [6.45, 7) is 4.08. The van der Waals surface area contributed by atoms with Crippen LogP contribution in [0, 0.1) is 0 Å². The first-order chi connectivity index (χ1) is 8.91. The molecule has 0 aliphatic carbocycles. The average Bonchev–Trinajstić information content (AvgIpc) is 2.96. The van der Waals surface area contributed by atoms with Crippen molar-refractivity contribution in [3.8, 4) is 0 Å². The zero-order valence-electron chi connectivity index (χ0n) is 10.4. The molecule has 0 aliphatic rings. The highest BCUT2D eigenvalue weighted by molar-refractivity contribution is 7.91. The van der Waals surface area contributed by atoms with Gasteiger partial charge in [0, 0.05) is 17.5 Å². The lowest BCUT2D eigenvalue weighted by Crippen LogP contribution is -2.35. The third kappa shape index (κ3) is 3.35. The molecular weight excluding hydrogens is 324 g/mol. The summed E-state index contributed by atoms with van der Waals surface area (Å²) < 4.78 is 27.0. The van der Waals surface area contributed by atoms with Gasteiger partial charge in [-0.1, -0.05) is 29.0 Å². The second-order valence-electron chi connectivity index (χ2n) is 4.16. The first kappa shape index (κ1) is 14.9. The second-order valence-corrected chi connectivity index (χ2v) is 8.92. The van der Waals surface area contributed by atoms with E-state index in [1.165, 1.54) is 10.5 Å². The summed E-state index contributed by atoms with van der Waals surface area (Å²) in [6, 6.07) is 3.71. The van der Waals surface area contributed by atoms with Crippen molar-refractivity contribution >= 4 is 44.3 Å². The standard InChI is InChI=1S/C11H13ClN2O2S3/c1-8(2)14(7-9-4-3-5-17-9)19(15,16)10-6-13-11(12)18-10/h3-6,8H,7H2,1-2H3. The molecule has 0 amide bonds. The summed E-state index contributed by atoms with van der Waals surface area (Å²) in [4.78, 5) is 4.81. The summed E-state index contributed by atoms with van der Waals surface area (Å²) in [5.74, 6) is 0. The molecule has 2 heterocycles. The highest BCUT2D eigenvalue weighted by Gasteiger charge is 2.29. The van der Waals surface area contributed by atoms with Gasteiger partial charge in [-0.15, -0.1) is 11.3 Å². The molecule has 4 nitrogen and oxygen atoms in total. The lowest BCUT2D eigenvalue weighted by atomic mass is 10.4. The number of halogens is 1. The predicted molar refractivity (Wildman–Crippen MR) is 79.3 cm³/mol. The molecule has 104 valence electrons. The number of hydrogen-bond acceptors (Lipinski definition) is 5. The van der Waals surface area contributed by atoms with Crippen molar-refractivity contribution in [3.05, 3.63) is 33.1 Å². The summed E-state index contributed by atoms with van der Waals surface area (Å²) in [6.07, 6.45) is 1.31. The van der Waals surface area contributed by atoms with Crippen molar-refractivity contribution < 1.29 is 8.42 Å². The molecule has 19 heavy (non-hydrogen) atoms. The Morgan fingerprint density at radius 1 is 1.47 bits per heavy atom. The Labute approximate surface area is 125 Å². The lowest BCUT2D eigenvalue weighted by molar-refractivity contribution is 0.351. The van der Waals surface area contributed by atoms with Gasteiger partial charge in [0.25, 0.3) is 10.0 Å². The zero-order valence-corrected chi connectivity index (χ0v) is 13.6. The van der Waals surface area contributed by atoms with Crippen LogP contribution in [0.15, 0.2) is 27.9 Å². The van der Waals surface area contributed by atoms with Gasteiger partial charge in [0.1, 0.15) is 0 Å². The first-order valence-corrected chi connectivity index (χ1v) is 9.08. The summed E-state index contributed by atoms with van der Waals surface area (Å²) in [5, 5.41) is 1.93. The van der Waals surface area contributed by atoms with E-state index in [2.05, 4.69) is 4.98 Å². The van der Waals surface area contributed by atoms with E-state index in [0.717, 1.165) is 16.2 Å². The largest absolute Gasteiger partial charge is 0.254 e. The fraction of sp³-hybridized carbons (Fsp3) is 0.364. The van der Waals surface area contributed by atoms with E-state index in [-0.39, 0.29) is 14.7 Å². The van der Waals surface area contributed by atoms with Gasteiger partial charge in [0.2, 0.25) is 0 Å². The van der Waals surface area contributed by atoms with Crippen LogP contribution in [0.5, 0.6) is 0 Å². The molecule has 2 aromatic heterocycles. The first-order valence-electron chi connectivity index (χ1n) is 5.57. The SMILES string of the molecule is CC(C)N(Cc1cccs1)S(=O)(=O)c1cnc(Cl)s1. The Hall–Kier alpha value is -0.470. The van der Waals surface area contributed by atoms with Crippen LogP contribution in [-0.4, -0.2) is 23.7 Å². The minimum absolute atomic E-state index is 0.132. The van der Waals surface area contributed by atoms with Gasteiger partial charge in [-0.3, -0.25) is 0 Å². The summed E-state index contributed by atoms with van der Waals surface area (Å²) in [5.41, 5.74) is 0. The summed E-state index contributed by atoms with van der Waals surface area (Å²) in [7, 11) is -3.54. The topological polar surface area (TPSA) is 50.3 Å². The van der Waals surface area contributed by atoms with Gasteiger partial charge < -0.3 is 0 Å². The van der Waals surface area contributed by atoms with Crippen LogP contribution in [0.25, 0.3) is 0 Å². The van der Waals surface area contributed by atoms with Crippen molar-refractivity contribution in [2.45, 2.75) is 30.6 Å². The lowest BCUT2D eigenvalue weighted by Gasteiger charge is -2.24. The monoisotopic (exact) mass is 336 g/mol. The van der Waals surface area contributed by atoms with Crippen LogP contribution < -0.4 is 0 Å². The highest BCUT2D eigenvalue weighted by Crippen LogP contribution is 2.28. The highest BCUT2D eigenvalue weighted by atomic mass is 35.5. The molecule has 0 saturated carbocycles. The molecule has 0 spiro atoms. The summed E-state index contributed by atoms with van der Waals surface area (Å²) >= 11 is 8.24. The number of sulfonamides is 1. The molecule has 0 fully saturated rings. The Morgan fingerprint density at radius 2 is 2.21 bits per heavy atom. The normalized spacial score (nSPS) is 12.5.